The number of benzene rings is 2. The van der Waals surface area contributed by atoms with E-state index in [0.717, 1.165) is 29.1 Å². The van der Waals surface area contributed by atoms with E-state index in [1.165, 1.54) is 16.7 Å². The van der Waals surface area contributed by atoms with Gasteiger partial charge in [0.1, 0.15) is 5.82 Å². The Labute approximate surface area is 119 Å². The Morgan fingerprint density at radius 2 is 1.90 bits per heavy atom. The van der Waals surface area contributed by atoms with Crippen LogP contribution < -0.4 is 5.32 Å². The summed E-state index contributed by atoms with van der Waals surface area (Å²) in [5.41, 5.74) is 7.17. The van der Waals surface area contributed by atoms with Crippen molar-refractivity contribution in [2.75, 3.05) is 5.32 Å². The molecule has 3 rings (SSSR count). The summed E-state index contributed by atoms with van der Waals surface area (Å²) >= 11 is 0. The van der Waals surface area contributed by atoms with Gasteiger partial charge in [-0.15, -0.1) is 0 Å². The van der Waals surface area contributed by atoms with Gasteiger partial charge in [-0.25, -0.2) is 4.98 Å². The Hall–Kier alpha value is -2.29. The molecule has 102 valence electrons. The molecule has 0 fully saturated rings. The van der Waals surface area contributed by atoms with Crippen molar-refractivity contribution in [3.05, 3.63) is 58.9 Å². The highest BCUT2D eigenvalue weighted by atomic mass is 14.9. The first-order valence-electron chi connectivity index (χ1n) is 6.88. The molecule has 2 N–H and O–H groups in total. The number of nitrogens with zero attached hydrogens (tertiary/aromatic N) is 1. The van der Waals surface area contributed by atoms with E-state index >= 15 is 0 Å². The summed E-state index contributed by atoms with van der Waals surface area (Å²) in [6, 6.07) is 12.8. The number of aryl methyl sites for hydroxylation is 3. The largest absolute Gasteiger partial charge is 0.381 e. The van der Waals surface area contributed by atoms with Crippen molar-refractivity contribution in [3.63, 3.8) is 0 Å². The highest BCUT2D eigenvalue weighted by molar-refractivity contribution is 5.79. The van der Waals surface area contributed by atoms with Crippen LogP contribution in [0.3, 0.4) is 0 Å². The molecule has 1 heterocycles. The second-order valence-electron chi connectivity index (χ2n) is 5.34. The van der Waals surface area contributed by atoms with Crippen molar-refractivity contribution in [3.8, 4) is 0 Å². The predicted octanol–water partition coefficient (Wildman–Crippen LogP) is 4.10. The van der Waals surface area contributed by atoms with Crippen LogP contribution in [0.5, 0.6) is 0 Å². The van der Waals surface area contributed by atoms with E-state index in [0.29, 0.717) is 0 Å². The zero-order valence-electron chi connectivity index (χ0n) is 12.1. The lowest BCUT2D eigenvalue weighted by Gasteiger charge is -2.10. The van der Waals surface area contributed by atoms with Crippen molar-refractivity contribution >= 4 is 16.7 Å². The molecule has 0 unspecified atom stereocenters. The Morgan fingerprint density at radius 1 is 1.05 bits per heavy atom. The summed E-state index contributed by atoms with van der Waals surface area (Å²) in [4.78, 5) is 7.68. The van der Waals surface area contributed by atoms with Crippen molar-refractivity contribution in [2.24, 2.45) is 0 Å². The minimum Gasteiger partial charge on any atom is -0.381 e. The van der Waals surface area contributed by atoms with Gasteiger partial charge in [-0.2, -0.15) is 0 Å². The number of aromatic amines is 1. The molecule has 3 heteroatoms. The normalized spacial score (nSPS) is 10.9. The van der Waals surface area contributed by atoms with Gasteiger partial charge >= 0.3 is 0 Å². The molecular formula is C17H19N3. The van der Waals surface area contributed by atoms with Crippen LogP contribution >= 0.6 is 0 Å². The van der Waals surface area contributed by atoms with Crippen LogP contribution in [0.1, 0.15) is 22.5 Å². The smallest absolute Gasteiger partial charge is 0.104 e. The number of aromatic nitrogens is 2. The number of imidazole rings is 1. The van der Waals surface area contributed by atoms with Gasteiger partial charge in [0.25, 0.3) is 0 Å². The van der Waals surface area contributed by atoms with E-state index in [1.54, 1.807) is 0 Å². The summed E-state index contributed by atoms with van der Waals surface area (Å²) < 4.78 is 0. The third kappa shape index (κ3) is 2.52. The molecule has 0 aliphatic carbocycles. The molecule has 0 bridgehead atoms. The van der Waals surface area contributed by atoms with Gasteiger partial charge in [-0.1, -0.05) is 23.8 Å². The Morgan fingerprint density at radius 3 is 2.70 bits per heavy atom. The van der Waals surface area contributed by atoms with Gasteiger partial charge in [0.15, 0.2) is 0 Å². The molecule has 2 aromatic carbocycles. The molecule has 3 nitrogen and oxygen atoms in total. The quantitative estimate of drug-likeness (QED) is 0.748. The van der Waals surface area contributed by atoms with Crippen LogP contribution in [0.15, 0.2) is 36.4 Å². The minimum absolute atomic E-state index is 0.838. The first kappa shape index (κ1) is 12.7. The van der Waals surface area contributed by atoms with Crippen LogP contribution in [0.2, 0.25) is 0 Å². The maximum absolute atomic E-state index is 4.41. The number of hydrogen-bond acceptors (Lipinski definition) is 2. The van der Waals surface area contributed by atoms with E-state index in [9.17, 15) is 0 Å². The van der Waals surface area contributed by atoms with Crippen LogP contribution in [0.4, 0.5) is 5.69 Å². The maximum atomic E-state index is 4.41. The zero-order chi connectivity index (χ0) is 14.1. The number of fused-ring (bicyclic) bond motifs is 1. The molecule has 0 atom stereocenters. The Balaban J connectivity index is 1.79. The average Bonchev–Trinajstić information content (AvgIpc) is 2.77. The van der Waals surface area contributed by atoms with E-state index < -0.39 is 0 Å². The topological polar surface area (TPSA) is 40.7 Å². The molecule has 0 saturated heterocycles. The fraction of sp³-hybridized carbons (Fsp3) is 0.235. The fourth-order valence-electron chi connectivity index (χ4n) is 2.49. The lowest BCUT2D eigenvalue weighted by molar-refractivity contribution is 1.11. The lowest BCUT2D eigenvalue weighted by atomic mass is 10.1. The lowest BCUT2D eigenvalue weighted by Crippen LogP contribution is -2.01. The zero-order valence-corrected chi connectivity index (χ0v) is 12.1. The molecule has 20 heavy (non-hydrogen) atoms. The van der Waals surface area contributed by atoms with E-state index in [2.05, 4.69) is 59.5 Å². The summed E-state index contributed by atoms with van der Waals surface area (Å²) in [6.07, 6.45) is 0. The van der Waals surface area contributed by atoms with Gasteiger partial charge in [-0.05, 0) is 50.1 Å². The Bertz CT molecular complexity index is 756. The summed E-state index contributed by atoms with van der Waals surface area (Å²) in [7, 11) is 0. The van der Waals surface area contributed by atoms with Crippen LogP contribution in [0.25, 0.3) is 11.0 Å². The SMILES string of the molecule is Cc1ccc(CNc2ccc3nc(C)[nH]c3c2)c(C)c1. The van der Waals surface area contributed by atoms with E-state index in [4.69, 9.17) is 0 Å². The number of nitrogens with one attached hydrogen (secondary N) is 2. The maximum Gasteiger partial charge on any atom is 0.104 e. The predicted molar refractivity (Wildman–Crippen MR) is 84.1 cm³/mol. The first-order chi connectivity index (χ1) is 9.61. The van der Waals surface area contributed by atoms with Gasteiger partial charge in [0.05, 0.1) is 11.0 Å². The molecule has 0 radical (unpaired) electrons. The summed E-state index contributed by atoms with van der Waals surface area (Å²) in [5.74, 6) is 0.950. The van der Waals surface area contributed by atoms with Gasteiger partial charge < -0.3 is 10.3 Å². The second kappa shape index (κ2) is 5.00. The summed E-state index contributed by atoms with van der Waals surface area (Å²) in [5, 5.41) is 3.47. The average molecular weight is 265 g/mol. The number of hydrogen-bond donors (Lipinski definition) is 2. The molecule has 1 aromatic heterocycles. The van der Waals surface area contributed by atoms with E-state index in [-0.39, 0.29) is 0 Å². The molecule has 0 spiro atoms. The molecule has 0 amide bonds. The highest BCUT2D eigenvalue weighted by Gasteiger charge is 2.02. The number of H-pyrrole nitrogens is 1. The first-order valence-corrected chi connectivity index (χ1v) is 6.88. The molecule has 0 aliphatic heterocycles. The van der Waals surface area contributed by atoms with Crippen molar-refractivity contribution in [1.29, 1.82) is 0 Å². The molecule has 0 saturated carbocycles. The molecule has 3 aromatic rings. The third-order valence-corrected chi connectivity index (χ3v) is 3.58. The third-order valence-electron chi connectivity index (χ3n) is 3.58. The monoisotopic (exact) mass is 265 g/mol. The van der Waals surface area contributed by atoms with Gasteiger partial charge in [0.2, 0.25) is 0 Å². The van der Waals surface area contributed by atoms with Crippen LogP contribution in [-0.4, -0.2) is 9.97 Å². The second-order valence-corrected chi connectivity index (χ2v) is 5.34. The van der Waals surface area contributed by atoms with Gasteiger partial charge in [-0.3, -0.25) is 0 Å². The van der Waals surface area contributed by atoms with Crippen molar-refractivity contribution < 1.29 is 0 Å². The molecule has 0 aliphatic rings. The fourth-order valence-corrected chi connectivity index (χ4v) is 2.49. The summed E-state index contributed by atoms with van der Waals surface area (Å²) in [6.45, 7) is 7.09. The van der Waals surface area contributed by atoms with Crippen molar-refractivity contribution in [2.45, 2.75) is 27.3 Å². The van der Waals surface area contributed by atoms with E-state index in [1.807, 2.05) is 13.0 Å². The molecular weight excluding hydrogens is 246 g/mol. The van der Waals surface area contributed by atoms with Crippen LogP contribution in [0, 0.1) is 20.8 Å². The number of rotatable bonds is 3. The van der Waals surface area contributed by atoms with Gasteiger partial charge in [0, 0.05) is 12.2 Å². The number of anilines is 1. The Kier molecular flexibility index (Phi) is 3.18. The standard InChI is InChI=1S/C17H19N3/c1-11-4-5-14(12(2)8-11)10-18-15-6-7-16-17(9-15)20-13(3)19-16/h4-9,18H,10H2,1-3H3,(H,19,20). The highest BCUT2D eigenvalue weighted by Crippen LogP contribution is 2.18. The minimum atomic E-state index is 0.838. The van der Waals surface area contributed by atoms with Crippen LogP contribution in [-0.2, 0) is 6.54 Å². The van der Waals surface area contributed by atoms with Crippen molar-refractivity contribution in [1.82, 2.24) is 9.97 Å².